The Morgan fingerprint density at radius 3 is 2.68 bits per heavy atom. The van der Waals surface area contributed by atoms with E-state index in [2.05, 4.69) is 31.1 Å². The van der Waals surface area contributed by atoms with Gasteiger partial charge < -0.3 is 10.1 Å². The third-order valence-corrected chi connectivity index (χ3v) is 2.97. The van der Waals surface area contributed by atoms with Gasteiger partial charge in [-0.05, 0) is 12.5 Å². The molecule has 0 saturated heterocycles. The summed E-state index contributed by atoms with van der Waals surface area (Å²) in [7, 11) is 0. The van der Waals surface area contributed by atoms with Crippen LogP contribution in [-0.4, -0.2) is 17.6 Å². The van der Waals surface area contributed by atoms with Crippen molar-refractivity contribution in [3.8, 4) is 5.88 Å². The zero-order valence-corrected chi connectivity index (χ0v) is 12.6. The normalized spacial score (nSPS) is 10.9. The van der Waals surface area contributed by atoms with Gasteiger partial charge in [-0.2, -0.15) is 0 Å². The molecule has 0 aliphatic carbocycles. The summed E-state index contributed by atoms with van der Waals surface area (Å²) in [5.74, 6) is 0.749. The molecule has 19 heavy (non-hydrogen) atoms. The molecule has 1 aromatic heterocycles. The molecule has 108 valence electrons. The van der Waals surface area contributed by atoms with Gasteiger partial charge in [0.25, 0.3) is 0 Å². The molecule has 3 heteroatoms. The highest BCUT2D eigenvalue weighted by atomic mass is 16.5. The number of nitrogens with zero attached hydrogens (tertiary/aromatic N) is 1. The van der Waals surface area contributed by atoms with Crippen molar-refractivity contribution in [2.45, 2.75) is 65.5 Å². The van der Waals surface area contributed by atoms with Crippen molar-refractivity contribution >= 4 is 0 Å². The van der Waals surface area contributed by atoms with E-state index in [1.165, 1.54) is 25.7 Å². The monoisotopic (exact) mass is 264 g/mol. The first kappa shape index (κ1) is 16.0. The Morgan fingerprint density at radius 2 is 1.95 bits per heavy atom. The standard InChI is InChI=1S/C16H28N2O/c1-4-5-6-7-8-12-19-16-11-9-10-15(18-16)13-17-14(2)3/h9-11,14,17H,4-8,12-13H2,1-3H3. The van der Waals surface area contributed by atoms with Crippen LogP contribution in [0, 0.1) is 0 Å². The predicted octanol–water partition coefficient (Wildman–Crippen LogP) is 3.93. The molecule has 1 aromatic rings. The summed E-state index contributed by atoms with van der Waals surface area (Å²) in [5, 5.41) is 3.36. The van der Waals surface area contributed by atoms with Crippen LogP contribution in [0.3, 0.4) is 0 Å². The van der Waals surface area contributed by atoms with Crippen LogP contribution in [0.4, 0.5) is 0 Å². The van der Waals surface area contributed by atoms with Crippen molar-refractivity contribution < 1.29 is 4.74 Å². The summed E-state index contributed by atoms with van der Waals surface area (Å²) in [6.45, 7) is 8.08. The average molecular weight is 264 g/mol. The molecule has 0 fully saturated rings. The number of hydrogen-bond acceptors (Lipinski definition) is 3. The van der Waals surface area contributed by atoms with Crippen molar-refractivity contribution in [2.24, 2.45) is 0 Å². The molecule has 0 aromatic carbocycles. The van der Waals surface area contributed by atoms with E-state index in [1.807, 2.05) is 18.2 Å². The minimum atomic E-state index is 0.477. The summed E-state index contributed by atoms with van der Waals surface area (Å²) in [6.07, 6.45) is 6.30. The second-order valence-electron chi connectivity index (χ2n) is 5.27. The number of aromatic nitrogens is 1. The topological polar surface area (TPSA) is 34.1 Å². The molecule has 0 atom stereocenters. The van der Waals surface area contributed by atoms with E-state index in [1.54, 1.807) is 0 Å². The summed E-state index contributed by atoms with van der Waals surface area (Å²) < 4.78 is 5.69. The smallest absolute Gasteiger partial charge is 0.213 e. The number of pyridine rings is 1. The SMILES string of the molecule is CCCCCCCOc1cccc(CNC(C)C)n1. The van der Waals surface area contributed by atoms with Crippen LogP contribution in [0.1, 0.15) is 58.6 Å². The zero-order chi connectivity index (χ0) is 13.9. The summed E-state index contributed by atoms with van der Waals surface area (Å²) in [5.41, 5.74) is 1.04. The van der Waals surface area contributed by atoms with E-state index < -0.39 is 0 Å². The average Bonchev–Trinajstić information content (AvgIpc) is 2.41. The van der Waals surface area contributed by atoms with Gasteiger partial charge in [0.2, 0.25) is 5.88 Å². The maximum atomic E-state index is 5.69. The van der Waals surface area contributed by atoms with Gasteiger partial charge in [-0.3, -0.25) is 0 Å². The van der Waals surface area contributed by atoms with E-state index in [0.717, 1.165) is 31.1 Å². The fraction of sp³-hybridized carbons (Fsp3) is 0.688. The highest BCUT2D eigenvalue weighted by molar-refractivity contribution is 5.15. The minimum absolute atomic E-state index is 0.477. The Bertz CT molecular complexity index is 339. The van der Waals surface area contributed by atoms with Gasteiger partial charge in [0.05, 0.1) is 12.3 Å². The van der Waals surface area contributed by atoms with E-state index in [9.17, 15) is 0 Å². The Morgan fingerprint density at radius 1 is 1.16 bits per heavy atom. The Kier molecular flexibility index (Phi) is 8.23. The maximum absolute atomic E-state index is 5.69. The van der Waals surface area contributed by atoms with Gasteiger partial charge in [0.15, 0.2) is 0 Å². The molecule has 1 rings (SSSR count). The molecule has 1 N–H and O–H groups in total. The summed E-state index contributed by atoms with van der Waals surface area (Å²) in [4.78, 5) is 4.49. The number of hydrogen-bond donors (Lipinski definition) is 1. The van der Waals surface area contributed by atoms with Gasteiger partial charge in [-0.15, -0.1) is 0 Å². The van der Waals surface area contributed by atoms with Gasteiger partial charge in [0, 0.05) is 18.7 Å². The molecule has 0 saturated carbocycles. The molecule has 3 nitrogen and oxygen atoms in total. The molecule has 0 aliphatic rings. The zero-order valence-electron chi connectivity index (χ0n) is 12.6. The van der Waals surface area contributed by atoms with E-state index in [0.29, 0.717) is 6.04 Å². The predicted molar refractivity (Wildman–Crippen MR) is 80.5 cm³/mol. The molecule has 0 aliphatic heterocycles. The van der Waals surface area contributed by atoms with Crippen molar-refractivity contribution in [1.29, 1.82) is 0 Å². The van der Waals surface area contributed by atoms with Crippen LogP contribution in [0.5, 0.6) is 5.88 Å². The Hall–Kier alpha value is -1.09. The fourth-order valence-corrected chi connectivity index (χ4v) is 1.83. The molecule has 0 bridgehead atoms. The second kappa shape index (κ2) is 9.79. The first-order valence-corrected chi connectivity index (χ1v) is 7.54. The highest BCUT2D eigenvalue weighted by Crippen LogP contribution is 2.09. The van der Waals surface area contributed by atoms with Crippen LogP contribution in [0.15, 0.2) is 18.2 Å². The van der Waals surface area contributed by atoms with E-state index in [-0.39, 0.29) is 0 Å². The maximum Gasteiger partial charge on any atom is 0.213 e. The number of nitrogens with one attached hydrogen (secondary N) is 1. The first-order valence-electron chi connectivity index (χ1n) is 7.54. The van der Waals surface area contributed by atoms with Crippen molar-refractivity contribution in [1.82, 2.24) is 10.3 Å². The fourth-order valence-electron chi connectivity index (χ4n) is 1.83. The number of ether oxygens (including phenoxy) is 1. The molecule has 0 spiro atoms. The van der Waals surface area contributed by atoms with E-state index >= 15 is 0 Å². The van der Waals surface area contributed by atoms with Crippen LogP contribution in [-0.2, 0) is 6.54 Å². The van der Waals surface area contributed by atoms with Gasteiger partial charge in [0.1, 0.15) is 0 Å². The first-order chi connectivity index (χ1) is 9.22. The second-order valence-corrected chi connectivity index (χ2v) is 5.27. The molecule has 0 radical (unpaired) electrons. The van der Waals surface area contributed by atoms with Crippen molar-refractivity contribution in [3.05, 3.63) is 23.9 Å². The summed E-state index contributed by atoms with van der Waals surface area (Å²) >= 11 is 0. The quantitative estimate of drug-likeness (QED) is 0.650. The van der Waals surface area contributed by atoms with Crippen LogP contribution < -0.4 is 10.1 Å². The molecular formula is C16H28N2O. The van der Waals surface area contributed by atoms with Crippen LogP contribution in [0.2, 0.25) is 0 Å². The Balaban J connectivity index is 2.24. The minimum Gasteiger partial charge on any atom is -0.478 e. The lowest BCUT2D eigenvalue weighted by Gasteiger charge is -2.09. The van der Waals surface area contributed by atoms with Crippen molar-refractivity contribution in [2.75, 3.05) is 6.61 Å². The highest BCUT2D eigenvalue weighted by Gasteiger charge is 2.00. The van der Waals surface area contributed by atoms with Crippen molar-refractivity contribution in [3.63, 3.8) is 0 Å². The lowest BCUT2D eigenvalue weighted by atomic mass is 10.2. The molecule has 0 unspecified atom stereocenters. The summed E-state index contributed by atoms with van der Waals surface area (Å²) in [6, 6.07) is 6.45. The largest absolute Gasteiger partial charge is 0.478 e. The lowest BCUT2D eigenvalue weighted by molar-refractivity contribution is 0.292. The van der Waals surface area contributed by atoms with Gasteiger partial charge in [-0.25, -0.2) is 4.98 Å². The molecular weight excluding hydrogens is 236 g/mol. The number of unbranched alkanes of at least 4 members (excludes halogenated alkanes) is 4. The van der Waals surface area contributed by atoms with Gasteiger partial charge >= 0.3 is 0 Å². The third kappa shape index (κ3) is 7.83. The van der Waals surface area contributed by atoms with Gasteiger partial charge in [-0.1, -0.05) is 52.5 Å². The Labute approximate surface area is 117 Å². The van der Waals surface area contributed by atoms with Crippen LogP contribution in [0.25, 0.3) is 0 Å². The number of rotatable bonds is 10. The molecule has 1 heterocycles. The van der Waals surface area contributed by atoms with E-state index in [4.69, 9.17) is 4.74 Å². The lowest BCUT2D eigenvalue weighted by Crippen LogP contribution is -2.22. The molecule has 0 amide bonds. The third-order valence-electron chi connectivity index (χ3n) is 2.97. The van der Waals surface area contributed by atoms with Crippen LogP contribution >= 0.6 is 0 Å².